The standard InChI is InChI=1S/C23H17N3O6S/c1-16-21(33(30,31)20-13-6-3-7-14-20)22(25(24-16)18-10-4-2-5-11-18)32-23(27)17-9-8-12-19(15-17)26(28)29/h2-15H,1H3. The Balaban J connectivity index is 1.88. The van der Waals surface area contributed by atoms with E-state index in [-0.39, 0.29) is 32.6 Å². The summed E-state index contributed by atoms with van der Waals surface area (Å²) in [6.07, 6.45) is 0. The van der Waals surface area contributed by atoms with Gasteiger partial charge in [0.05, 0.1) is 26.8 Å². The number of esters is 1. The minimum absolute atomic E-state index is 0.00774. The quantitative estimate of drug-likeness (QED) is 0.239. The van der Waals surface area contributed by atoms with E-state index in [9.17, 15) is 23.3 Å². The predicted octanol–water partition coefficient (Wildman–Crippen LogP) is 4.14. The number of carbonyl (C=O) groups is 1. The Kier molecular flexibility index (Phi) is 5.76. The lowest BCUT2D eigenvalue weighted by Gasteiger charge is -2.11. The van der Waals surface area contributed by atoms with Crippen LogP contribution in [-0.2, 0) is 9.84 Å². The molecule has 4 rings (SSSR count). The smallest absolute Gasteiger partial charge is 0.345 e. The number of carbonyl (C=O) groups excluding carboxylic acids is 1. The van der Waals surface area contributed by atoms with Crippen LogP contribution in [0.4, 0.5) is 5.69 Å². The van der Waals surface area contributed by atoms with Crippen molar-refractivity contribution in [3.63, 3.8) is 0 Å². The fourth-order valence-corrected chi connectivity index (χ4v) is 4.78. The molecule has 33 heavy (non-hydrogen) atoms. The third-order valence-corrected chi connectivity index (χ3v) is 6.67. The molecule has 0 aliphatic carbocycles. The first kappa shape index (κ1) is 21.9. The maximum absolute atomic E-state index is 13.4. The van der Waals surface area contributed by atoms with Crippen molar-refractivity contribution in [3.8, 4) is 11.6 Å². The van der Waals surface area contributed by atoms with Crippen LogP contribution in [0.2, 0.25) is 0 Å². The molecule has 4 aromatic rings. The van der Waals surface area contributed by atoms with E-state index >= 15 is 0 Å². The number of non-ortho nitro benzene ring substituents is 1. The molecular weight excluding hydrogens is 446 g/mol. The third-order valence-electron chi connectivity index (χ3n) is 4.77. The van der Waals surface area contributed by atoms with Crippen LogP contribution in [0.3, 0.4) is 0 Å². The first-order chi connectivity index (χ1) is 15.8. The van der Waals surface area contributed by atoms with Crippen LogP contribution < -0.4 is 4.74 Å². The molecule has 0 saturated carbocycles. The lowest BCUT2D eigenvalue weighted by atomic mass is 10.2. The average Bonchev–Trinajstić information content (AvgIpc) is 3.16. The van der Waals surface area contributed by atoms with E-state index in [1.54, 1.807) is 48.5 Å². The fourth-order valence-electron chi connectivity index (χ4n) is 3.25. The summed E-state index contributed by atoms with van der Waals surface area (Å²) in [5.41, 5.74) is 0.196. The summed E-state index contributed by atoms with van der Waals surface area (Å²) in [6, 6.07) is 21.3. The number of nitrogens with zero attached hydrogens (tertiary/aromatic N) is 3. The van der Waals surface area contributed by atoms with Gasteiger partial charge >= 0.3 is 5.97 Å². The molecule has 0 N–H and O–H groups in total. The second-order valence-electron chi connectivity index (χ2n) is 6.98. The Morgan fingerprint density at radius 2 is 1.61 bits per heavy atom. The molecule has 0 fully saturated rings. The van der Waals surface area contributed by atoms with Gasteiger partial charge in [-0.3, -0.25) is 10.1 Å². The highest BCUT2D eigenvalue weighted by atomic mass is 32.2. The van der Waals surface area contributed by atoms with Gasteiger partial charge in [0.1, 0.15) is 0 Å². The van der Waals surface area contributed by atoms with E-state index in [1.807, 2.05) is 0 Å². The van der Waals surface area contributed by atoms with Crippen LogP contribution in [-0.4, -0.2) is 29.1 Å². The number of benzene rings is 3. The van der Waals surface area contributed by atoms with Crippen molar-refractivity contribution in [3.05, 3.63) is 106 Å². The maximum atomic E-state index is 13.4. The van der Waals surface area contributed by atoms with Gasteiger partial charge in [-0.25, -0.2) is 13.2 Å². The molecule has 0 spiro atoms. The van der Waals surface area contributed by atoms with Gasteiger partial charge in [0.2, 0.25) is 15.7 Å². The van der Waals surface area contributed by atoms with Crippen LogP contribution in [0, 0.1) is 17.0 Å². The number of para-hydroxylation sites is 1. The monoisotopic (exact) mass is 463 g/mol. The number of nitro groups is 1. The zero-order chi connectivity index (χ0) is 23.6. The van der Waals surface area contributed by atoms with E-state index < -0.39 is 20.7 Å². The zero-order valence-electron chi connectivity index (χ0n) is 17.3. The number of aryl methyl sites for hydroxylation is 1. The molecule has 9 nitrogen and oxygen atoms in total. The Hall–Kier alpha value is -4.31. The predicted molar refractivity (Wildman–Crippen MR) is 118 cm³/mol. The Morgan fingerprint density at radius 1 is 0.970 bits per heavy atom. The highest BCUT2D eigenvalue weighted by Crippen LogP contribution is 2.35. The van der Waals surface area contributed by atoms with Gasteiger partial charge < -0.3 is 4.74 Å². The summed E-state index contributed by atoms with van der Waals surface area (Å²) >= 11 is 0. The van der Waals surface area contributed by atoms with Gasteiger partial charge in [0, 0.05) is 12.1 Å². The normalized spacial score (nSPS) is 11.2. The second kappa shape index (κ2) is 8.67. The lowest BCUT2D eigenvalue weighted by Crippen LogP contribution is -2.14. The summed E-state index contributed by atoms with van der Waals surface area (Å²) in [6.45, 7) is 1.50. The first-order valence-electron chi connectivity index (χ1n) is 9.71. The van der Waals surface area contributed by atoms with E-state index in [0.29, 0.717) is 5.69 Å². The number of nitro benzene ring substituents is 1. The molecule has 10 heteroatoms. The Bertz CT molecular complexity index is 1450. The molecule has 0 saturated heterocycles. The summed E-state index contributed by atoms with van der Waals surface area (Å²) in [5.74, 6) is -1.26. The molecule has 1 heterocycles. The first-order valence-corrected chi connectivity index (χ1v) is 11.2. The van der Waals surface area contributed by atoms with Gasteiger partial charge in [0.15, 0.2) is 4.90 Å². The summed E-state index contributed by atoms with van der Waals surface area (Å²) in [5, 5.41) is 15.4. The number of rotatable bonds is 6. The van der Waals surface area contributed by atoms with Crippen molar-refractivity contribution in [1.82, 2.24) is 9.78 Å². The van der Waals surface area contributed by atoms with Crippen molar-refractivity contribution in [2.75, 3.05) is 0 Å². The SMILES string of the molecule is Cc1nn(-c2ccccc2)c(OC(=O)c2cccc([N+](=O)[O-])c2)c1S(=O)(=O)c1ccccc1. The van der Waals surface area contributed by atoms with Crippen molar-refractivity contribution in [2.24, 2.45) is 0 Å². The fraction of sp³-hybridized carbons (Fsp3) is 0.0435. The molecule has 0 aliphatic rings. The Morgan fingerprint density at radius 3 is 2.24 bits per heavy atom. The minimum Gasteiger partial charge on any atom is -0.402 e. The van der Waals surface area contributed by atoms with E-state index in [0.717, 1.165) is 6.07 Å². The largest absolute Gasteiger partial charge is 0.402 e. The summed E-state index contributed by atoms with van der Waals surface area (Å²) < 4.78 is 33.7. The van der Waals surface area contributed by atoms with Gasteiger partial charge in [-0.2, -0.15) is 9.78 Å². The maximum Gasteiger partial charge on any atom is 0.345 e. The van der Waals surface area contributed by atoms with Crippen LogP contribution >= 0.6 is 0 Å². The summed E-state index contributed by atoms with van der Waals surface area (Å²) in [7, 11) is -4.11. The van der Waals surface area contributed by atoms with Crippen LogP contribution in [0.5, 0.6) is 5.88 Å². The van der Waals surface area contributed by atoms with E-state index in [2.05, 4.69) is 5.10 Å². The highest BCUT2D eigenvalue weighted by Gasteiger charge is 2.32. The molecule has 166 valence electrons. The van der Waals surface area contributed by atoms with Crippen molar-refractivity contribution in [2.45, 2.75) is 16.7 Å². The number of sulfone groups is 1. The van der Waals surface area contributed by atoms with Gasteiger partial charge in [-0.1, -0.05) is 42.5 Å². The second-order valence-corrected chi connectivity index (χ2v) is 8.87. The number of hydrogen-bond acceptors (Lipinski definition) is 7. The van der Waals surface area contributed by atoms with Crippen molar-refractivity contribution >= 4 is 21.5 Å². The molecule has 3 aromatic carbocycles. The molecule has 0 aliphatic heterocycles. The van der Waals surface area contributed by atoms with Crippen LogP contribution in [0.1, 0.15) is 16.1 Å². The molecular formula is C23H17N3O6S. The van der Waals surface area contributed by atoms with E-state index in [1.165, 1.54) is 41.9 Å². The number of ether oxygens (including phenoxy) is 1. The highest BCUT2D eigenvalue weighted by molar-refractivity contribution is 7.91. The van der Waals surface area contributed by atoms with Gasteiger partial charge in [0.25, 0.3) is 5.69 Å². The molecule has 0 bridgehead atoms. The lowest BCUT2D eigenvalue weighted by molar-refractivity contribution is -0.384. The molecule has 0 unspecified atom stereocenters. The minimum atomic E-state index is -4.11. The van der Waals surface area contributed by atoms with E-state index in [4.69, 9.17) is 4.74 Å². The average molecular weight is 463 g/mol. The van der Waals surface area contributed by atoms with Crippen LogP contribution in [0.25, 0.3) is 5.69 Å². The zero-order valence-corrected chi connectivity index (χ0v) is 18.1. The van der Waals surface area contributed by atoms with Gasteiger partial charge in [-0.15, -0.1) is 0 Å². The molecule has 1 aromatic heterocycles. The van der Waals surface area contributed by atoms with Crippen molar-refractivity contribution in [1.29, 1.82) is 0 Å². The molecule has 0 amide bonds. The van der Waals surface area contributed by atoms with Gasteiger partial charge in [-0.05, 0) is 37.3 Å². The molecule has 0 atom stereocenters. The summed E-state index contributed by atoms with van der Waals surface area (Å²) in [4.78, 5) is 23.1. The number of hydrogen-bond donors (Lipinski definition) is 0. The molecule has 0 radical (unpaired) electrons. The topological polar surface area (TPSA) is 121 Å². The third kappa shape index (κ3) is 4.23. The van der Waals surface area contributed by atoms with Crippen LogP contribution in [0.15, 0.2) is 94.7 Å². The van der Waals surface area contributed by atoms with Crippen molar-refractivity contribution < 1.29 is 22.9 Å². The Labute approximate surface area is 188 Å². The number of aromatic nitrogens is 2.